The second kappa shape index (κ2) is 4.72. The fraction of sp³-hybridized carbons (Fsp3) is 0.385. The minimum atomic E-state index is -0.988. The highest BCUT2D eigenvalue weighted by Gasteiger charge is 2.52. The van der Waals surface area contributed by atoms with Crippen molar-refractivity contribution in [2.75, 3.05) is 13.6 Å². The number of amides is 1. The molecule has 0 saturated heterocycles. The molecule has 1 amide bonds. The molecule has 0 bridgehead atoms. The number of carboxylic acids is 1. The van der Waals surface area contributed by atoms with E-state index < -0.39 is 11.4 Å². The molecule has 0 heterocycles. The molecular weight excluding hydrogens is 298 g/mol. The Morgan fingerprint density at radius 2 is 1.89 bits per heavy atom. The van der Waals surface area contributed by atoms with Gasteiger partial charge in [0.15, 0.2) is 0 Å². The molecule has 1 aliphatic rings. The summed E-state index contributed by atoms with van der Waals surface area (Å²) in [5.41, 5.74) is 0.471. The summed E-state index contributed by atoms with van der Waals surface area (Å²) in [5, 5.41) is 8.73. The molecule has 0 aromatic heterocycles. The Kier molecular flexibility index (Phi) is 3.43. The van der Waals surface area contributed by atoms with Crippen LogP contribution in [0.3, 0.4) is 0 Å². The largest absolute Gasteiger partial charge is 0.480 e. The molecule has 2 rings (SSSR count). The Bertz CT molecular complexity index is 480. The Hall–Kier alpha value is -1.36. The standard InChI is InChI=1S/C13H14BrNO3/c1-15(8-11(16)17)12(18)13(6-7-13)9-2-4-10(14)5-3-9/h2-5H,6-8H2,1H3,(H,16,17). The van der Waals surface area contributed by atoms with Gasteiger partial charge in [0, 0.05) is 11.5 Å². The quantitative estimate of drug-likeness (QED) is 0.925. The van der Waals surface area contributed by atoms with Crippen LogP contribution in [0.2, 0.25) is 0 Å². The minimum Gasteiger partial charge on any atom is -0.480 e. The Morgan fingerprint density at radius 1 is 1.33 bits per heavy atom. The topological polar surface area (TPSA) is 57.6 Å². The zero-order valence-electron chi connectivity index (χ0n) is 10.0. The zero-order chi connectivity index (χ0) is 13.3. The maximum atomic E-state index is 12.3. The first-order valence-corrected chi connectivity index (χ1v) is 6.48. The molecule has 1 fully saturated rings. The second-order valence-electron chi connectivity index (χ2n) is 4.64. The van der Waals surface area contributed by atoms with Gasteiger partial charge in [-0.05, 0) is 30.5 Å². The molecule has 1 saturated carbocycles. The van der Waals surface area contributed by atoms with Crippen LogP contribution in [0.1, 0.15) is 18.4 Å². The number of carboxylic acid groups (broad SMARTS) is 1. The molecule has 4 nitrogen and oxygen atoms in total. The first kappa shape index (κ1) is 13.1. The monoisotopic (exact) mass is 311 g/mol. The smallest absolute Gasteiger partial charge is 0.323 e. The van der Waals surface area contributed by atoms with E-state index in [0.717, 1.165) is 22.9 Å². The van der Waals surface area contributed by atoms with E-state index in [0.29, 0.717) is 0 Å². The fourth-order valence-corrected chi connectivity index (χ4v) is 2.42. The third-order valence-electron chi connectivity index (χ3n) is 3.28. The van der Waals surface area contributed by atoms with E-state index in [1.807, 2.05) is 24.3 Å². The summed E-state index contributed by atoms with van der Waals surface area (Å²) in [6.07, 6.45) is 1.58. The predicted molar refractivity (Wildman–Crippen MR) is 70.3 cm³/mol. The van der Waals surface area contributed by atoms with Crippen molar-refractivity contribution in [3.63, 3.8) is 0 Å². The molecule has 96 valence electrons. The van der Waals surface area contributed by atoms with Crippen LogP contribution in [0.15, 0.2) is 28.7 Å². The molecule has 0 radical (unpaired) electrons. The summed E-state index contributed by atoms with van der Waals surface area (Å²) in [7, 11) is 1.54. The molecule has 0 unspecified atom stereocenters. The van der Waals surface area contributed by atoms with Gasteiger partial charge in [-0.15, -0.1) is 0 Å². The SMILES string of the molecule is CN(CC(=O)O)C(=O)C1(c2ccc(Br)cc2)CC1. The number of nitrogens with zero attached hydrogens (tertiary/aromatic N) is 1. The van der Waals surface area contributed by atoms with E-state index in [9.17, 15) is 9.59 Å². The number of hydrogen-bond donors (Lipinski definition) is 1. The summed E-state index contributed by atoms with van der Waals surface area (Å²) in [4.78, 5) is 24.2. The highest BCUT2D eigenvalue weighted by Crippen LogP contribution is 2.49. The fourth-order valence-electron chi connectivity index (χ4n) is 2.16. The van der Waals surface area contributed by atoms with Gasteiger partial charge in [0.05, 0.1) is 5.41 Å². The normalized spacial score (nSPS) is 16.1. The summed E-state index contributed by atoms with van der Waals surface area (Å²) in [5.74, 6) is -1.09. The third-order valence-corrected chi connectivity index (χ3v) is 3.80. The van der Waals surface area contributed by atoms with E-state index in [-0.39, 0.29) is 12.5 Å². The van der Waals surface area contributed by atoms with Gasteiger partial charge in [-0.25, -0.2) is 0 Å². The number of carbonyl (C=O) groups excluding carboxylic acids is 1. The van der Waals surface area contributed by atoms with Crippen molar-refractivity contribution in [3.05, 3.63) is 34.3 Å². The van der Waals surface area contributed by atoms with Gasteiger partial charge in [-0.1, -0.05) is 28.1 Å². The lowest BCUT2D eigenvalue weighted by Crippen LogP contribution is -2.39. The lowest BCUT2D eigenvalue weighted by atomic mass is 9.94. The van der Waals surface area contributed by atoms with E-state index in [1.54, 1.807) is 0 Å². The molecule has 5 heteroatoms. The molecule has 0 atom stereocenters. The van der Waals surface area contributed by atoms with E-state index >= 15 is 0 Å². The minimum absolute atomic E-state index is 0.104. The van der Waals surface area contributed by atoms with Gasteiger partial charge < -0.3 is 10.0 Å². The van der Waals surface area contributed by atoms with Crippen LogP contribution in [0.5, 0.6) is 0 Å². The van der Waals surface area contributed by atoms with Crippen LogP contribution in [0.25, 0.3) is 0 Å². The van der Waals surface area contributed by atoms with Gasteiger partial charge in [0.25, 0.3) is 0 Å². The van der Waals surface area contributed by atoms with Crippen LogP contribution >= 0.6 is 15.9 Å². The molecular formula is C13H14BrNO3. The van der Waals surface area contributed by atoms with Crippen molar-refractivity contribution in [2.24, 2.45) is 0 Å². The van der Waals surface area contributed by atoms with Crippen molar-refractivity contribution >= 4 is 27.8 Å². The third kappa shape index (κ3) is 2.41. The number of aliphatic carboxylic acids is 1. The highest BCUT2D eigenvalue weighted by atomic mass is 79.9. The molecule has 0 aliphatic heterocycles. The van der Waals surface area contributed by atoms with E-state index in [4.69, 9.17) is 5.11 Å². The van der Waals surface area contributed by atoms with Crippen LogP contribution < -0.4 is 0 Å². The average molecular weight is 312 g/mol. The summed E-state index contributed by atoms with van der Waals surface area (Å²) in [6, 6.07) is 7.65. The van der Waals surface area contributed by atoms with Crippen molar-refractivity contribution in [3.8, 4) is 0 Å². The first-order chi connectivity index (χ1) is 8.45. The van der Waals surface area contributed by atoms with Crippen molar-refractivity contribution in [1.29, 1.82) is 0 Å². The summed E-state index contributed by atoms with van der Waals surface area (Å²) >= 11 is 3.36. The molecule has 1 aromatic rings. The van der Waals surface area contributed by atoms with Crippen LogP contribution in [0, 0.1) is 0 Å². The number of likely N-dealkylation sites (N-methyl/N-ethyl adjacent to an activating group) is 1. The van der Waals surface area contributed by atoms with Gasteiger partial charge >= 0.3 is 5.97 Å². The second-order valence-corrected chi connectivity index (χ2v) is 5.56. The zero-order valence-corrected chi connectivity index (χ0v) is 11.6. The maximum Gasteiger partial charge on any atom is 0.323 e. The number of hydrogen-bond acceptors (Lipinski definition) is 2. The van der Waals surface area contributed by atoms with Gasteiger partial charge in [-0.2, -0.15) is 0 Å². The molecule has 1 aromatic carbocycles. The Balaban J connectivity index is 2.19. The van der Waals surface area contributed by atoms with Crippen LogP contribution in [-0.4, -0.2) is 35.5 Å². The van der Waals surface area contributed by atoms with Gasteiger partial charge in [-0.3, -0.25) is 9.59 Å². The van der Waals surface area contributed by atoms with Crippen LogP contribution in [-0.2, 0) is 15.0 Å². The lowest BCUT2D eigenvalue weighted by molar-refractivity contribution is -0.144. The number of carbonyl (C=O) groups is 2. The van der Waals surface area contributed by atoms with Crippen LogP contribution in [0.4, 0.5) is 0 Å². The summed E-state index contributed by atoms with van der Waals surface area (Å²) in [6.45, 7) is -0.253. The predicted octanol–water partition coefficient (Wildman–Crippen LogP) is 2.02. The average Bonchev–Trinajstić information content (AvgIpc) is 3.09. The number of benzene rings is 1. The van der Waals surface area contributed by atoms with E-state index in [2.05, 4.69) is 15.9 Å². The van der Waals surface area contributed by atoms with Gasteiger partial charge in [0.2, 0.25) is 5.91 Å². The Labute approximate surface area is 114 Å². The molecule has 0 spiro atoms. The maximum absolute atomic E-state index is 12.3. The number of rotatable bonds is 4. The lowest BCUT2D eigenvalue weighted by Gasteiger charge is -2.22. The molecule has 1 N–H and O–H groups in total. The number of halogens is 1. The highest BCUT2D eigenvalue weighted by molar-refractivity contribution is 9.10. The molecule has 1 aliphatic carbocycles. The summed E-state index contributed by atoms with van der Waals surface area (Å²) < 4.78 is 0.966. The Morgan fingerprint density at radius 3 is 2.33 bits per heavy atom. The first-order valence-electron chi connectivity index (χ1n) is 5.69. The van der Waals surface area contributed by atoms with Crippen molar-refractivity contribution in [2.45, 2.75) is 18.3 Å². The van der Waals surface area contributed by atoms with Crippen molar-refractivity contribution < 1.29 is 14.7 Å². The van der Waals surface area contributed by atoms with Crippen molar-refractivity contribution in [1.82, 2.24) is 4.90 Å². The van der Waals surface area contributed by atoms with Gasteiger partial charge in [0.1, 0.15) is 6.54 Å². The van der Waals surface area contributed by atoms with E-state index in [1.165, 1.54) is 11.9 Å². The molecule has 18 heavy (non-hydrogen) atoms.